The molecular weight excluding hydrogens is 426 g/mol. The Morgan fingerprint density at radius 3 is 2.81 bits per heavy atom. The topological polar surface area (TPSA) is 56.4 Å². The van der Waals surface area contributed by atoms with Gasteiger partial charge in [0.15, 0.2) is 0 Å². The average Bonchev–Trinajstić information content (AvgIpc) is 3.32. The standard InChI is InChI=1S/C20H16BrN3O2S/c1-2-9-23-19(25)14-10-12-11-5-3-4-6-13(11)22-17(12)18(24(14)20(23)26)15-7-8-16(21)27-15/h2-8,14,18,22H,1,9-10H2/t14-,18-/m0/s1. The largest absolute Gasteiger partial charge is 0.356 e. The lowest BCUT2D eigenvalue weighted by molar-refractivity contribution is -0.128. The highest BCUT2D eigenvalue weighted by Crippen LogP contribution is 2.46. The first kappa shape index (κ1) is 16.8. The number of para-hydroxylation sites is 1. The minimum absolute atomic E-state index is 0.142. The van der Waals surface area contributed by atoms with E-state index in [-0.39, 0.29) is 24.5 Å². The number of H-pyrrole nitrogens is 1. The highest BCUT2D eigenvalue weighted by molar-refractivity contribution is 9.11. The molecule has 1 fully saturated rings. The summed E-state index contributed by atoms with van der Waals surface area (Å²) in [5.74, 6) is -0.142. The van der Waals surface area contributed by atoms with Crippen molar-refractivity contribution in [1.82, 2.24) is 14.8 Å². The second-order valence-electron chi connectivity index (χ2n) is 6.75. The summed E-state index contributed by atoms with van der Waals surface area (Å²) in [4.78, 5) is 33.7. The van der Waals surface area contributed by atoms with Crippen LogP contribution < -0.4 is 0 Å². The Hall–Kier alpha value is -2.38. The van der Waals surface area contributed by atoms with E-state index in [1.54, 1.807) is 22.3 Å². The summed E-state index contributed by atoms with van der Waals surface area (Å²) in [5.41, 5.74) is 3.17. The van der Waals surface area contributed by atoms with Gasteiger partial charge < -0.3 is 4.98 Å². The molecule has 27 heavy (non-hydrogen) atoms. The molecule has 0 saturated carbocycles. The highest BCUT2D eigenvalue weighted by Gasteiger charge is 2.52. The predicted molar refractivity (Wildman–Crippen MR) is 109 cm³/mol. The normalized spacial score (nSPS) is 21.7. The van der Waals surface area contributed by atoms with Gasteiger partial charge in [0, 0.05) is 34.4 Å². The fourth-order valence-corrected chi connectivity index (χ4v) is 5.73. The number of nitrogens with zero attached hydrogens (tertiary/aromatic N) is 2. The summed E-state index contributed by atoms with van der Waals surface area (Å²) in [6.07, 6.45) is 2.13. The van der Waals surface area contributed by atoms with Crippen LogP contribution in [0, 0.1) is 0 Å². The third kappa shape index (κ3) is 2.34. The van der Waals surface area contributed by atoms with Crippen molar-refractivity contribution >= 4 is 50.1 Å². The van der Waals surface area contributed by atoms with Gasteiger partial charge in [-0.15, -0.1) is 17.9 Å². The average molecular weight is 442 g/mol. The molecular formula is C20H16BrN3O2S. The van der Waals surface area contributed by atoms with Gasteiger partial charge in [0.05, 0.1) is 3.79 Å². The number of hydrogen-bond donors (Lipinski definition) is 1. The summed E-state index contributed by atoms with van der Waals surface area (Å²) >= 11 is 5.11. The van der Waals surface area contributed by atoms with Crippen molar-refractivity contribution in [2.24, 2.45) is 0 Å². The van der Waals surface area contributed by atoms with Crippen molar-refractivity contribution in [2.45, 2.75) is 18.5 Å². The molecule has 0 aliphatic carbocycles. The third-order valence-electron chi connectivity index (χ3n) is 5.31. The number of benzene rings is 1. The Labute approximate surface area is 168 Å². The van der Waals surface area contributed by atoms with Gasteiger partial charge in [-0.1, -0.05) is 24.3 Å². The molecule has 3 aromatic rings. The summed E-state index contributed by atoms with van der Waals surface area (Å²) in [7, 11) is 0. The Morgan fingerprint density at radius 1 is 1.26 bits per heavy atom. The van der Waals surface area contributed by atoms with Crippen LogP contribution in [-0.4, -0.2) is 39.3 Å². The van der Waals surface area contributed by atoms with Crippen LogP contribution in [-0.2, 0) is 11.2 Å². The van der Waals surface area contributed by atoms with Crippen LogP contribution in [0.4, 0.5) is 4.79 Å². The molecule has 0 bridgehead atoms. The van der Waals surface area contributed by atoms with Crippen LogP contribution in [0.5, 0.6) is 0 Å². The number of amides is 3. The second kappa shape index (κ2) is 6.07. The van der Waals surface area contributed by atoms with E-state index >= 15 is 0 Å². The van der Waals surface area contributed by atoms with Crippen molar-refractivity contribution in [1.29, 1.82) is 0 Å². The van der Waals surface area contributed by atoms with Crippen LogP contribution in [0.25, 0.3) is 10.9 Å². The van der Waals surface area contributed by atoms with E-state index in [0.29, 0.717) is 6.42 Å². The van der Waals surface area contributed by atoms with Gasteiger partial charge in [0.2, 0.25) is 0 Å². The number of rotatable bonds is 3. The molecule has 1 N–H and O–H groups in total. The Morgan fingerprint density at radius 2 is 2.07 bits per heavy atom. The first-order valence-electron chi connectivity index (χ1n) is 8.69. The third-order valence-corrected chi connectivity index (χ3v) is 6.99. The lowest BCUT2D eigenvalue weighted by Gasteiger charge is -2.35. The molecule has 1 saturated heterocycles. The second-order valence-corrected chi connectivity index (χ2v) is 9.25. The fourth-order valence-electron chi connectivity index (χ4n) is 4.20. The van der Waals surface area contributed by atoms with Gasteiger partial charge in [-0.25, -0.2) is 4.79 Å². The lowest BCUT2D eigenvalue weighted by Crippen LogP contribution is -2.43. The van der Waals surface area contributed by atoms with E-state index < -0.39 is 6.04 Å². The predicted octanol–water partition coefficient (Wildman–Crippen LogP) is 4.46. The maximum atomic E-state index is 13.1. The Balaban J connectivity index is 1.73. The Kier molecular flexibility index (Phi) is 3.77. The molecule has 5 rings (SSSR count). The fraction of sp³-hybridized carbons (Fsp3) is 0.200. The SMILES string of the molecule is C=CCN1C(=O)[C@@H]2Cc3c([nH]c4ccccc34)[C@H](c3ccc(Br)s3)N2C1=O. The molecule has 5 nitrogen and oxygen atoms in total. The number of fused-ring (bicyclic) bond motifs is 4. The van der Waals surface area contributed by atoms with Crippen LogP contribution in [0.1, 0.15) is 22.2 Å². The van der Waals surface area contributed by atoms with E-state index in [1.807, 2.05) is 30.3 Å². The van der Waals surface area contributed by atoms with Crippen molar-refractivity contribution in [3.63, 3.8) is 0 Å². The number of aromatic nitrogens is 1. The molecule has 0 unspecified atom stereocenters. The highest BCUT2D eigenvalue weighted by atomic mass is 79.9. The summed E-state index contributed by atoms with van der Waals surface area (Å²) < 4.78 is 0.998. The van der Waals surface area contributed by atoms with Gasteiger partial charge in [-0.2, -0.15) is 0 Å². The minimum Gasteiger partial charge on any atom is -0.356 e. The molecule has 136 valence electrons. The van der Waals surface area contributed by atoms with E-state index in [0.717, 1.165) is 30.8 Å². The number of carbonyl (C=O) groups is 2. The maximum absolute atomic E-state index is 13.1. The maximum Gasteiger partial charge on any atom is 0.328 e. The number of nitrogens with one attached hydrogen (secondary N) is 1. The van der Waals surface area contributed by atoms with E-state index in [2.05, 4.69) is 33.6 Å². The van der Waals surface area contributed by atoms with Crippen LogP contribution in [0.3, 0.4) is 0 Å². The first-order chi connectivity index (χ1) is 13.1. The van der Waals surface area contributed by atoms with Gasteiger partial charge in [-0.3, -0.25) is 14.6 Å². The van der Waals surface area contributed by atoms with E-state index in [1.165, 1.54) is 4.90 Å². The minimum atomic E-state index is -0.477. The molecule has 7 heteroatoms. The molecule has 0 spiro atoms. The summed E-state index contributed by atoms with van der Waals surface area (Å²) in [6, 6.07) is 11.1. The number of hydrogen-bond acceptors (Lipinski definition) is 3. The number of urea groups is 1. The Bertz CT molecular complexity index is 1100. The molecule has 4 heterocycles. The van der Waals surface area contributed by atoms with Crippen molar-refractivity contribution in [3.05, 3.63) is 69.0 Å². The number of thiophene rings is 1. The van der Waals surface area contributed by atoms with Crippen molar-refractivity contribution in [3.8, 4) is 0 Å². The van der Waals surface area contributed by atoms with Crippen LogP contribution in [0.15, 0.2) is 52.8 Å². The monoisotopic (exact) mass is 441 g/mol. The van der Waals surface area contributed by atoms with Crippen molar-refractivity contribution in [2.75, 3.05) is 6.54 Å². The van der Waals surface area contributed by atoms with Crippen LogP contribution >= 0.6 is 27.3 Å². The zero-order chi connectivity index (χ0) is 18.7. The zero-order valence-electron chi connectivity index (χ0n) is 14.3. The van der Waals surface area contributed by atoms with Gasteiger partial charge in [0.25, 0.3) is 5.91 Å². The molecule has 1 aromatic carbocycles. The smallest absolute Gasteiger partial charge is 0.328 e. The number of halogens is 1. The zero-order valence-corrected chi connectivity index (χ0v) is 16.7. The first-order valence-corrected chi connectivity index (χ1v) is 10.3. The lowest BCUT2D eigenvalue weighted by atomic mass is 9.91. The number of imide groups is 1. The number of carbonyl (C=O) groups excluding carboxylic acids is 2. The van der Waals surface area contributed by atoms with Gasteiger partial charge in [-0.05, 0) is 39.7 Å². The number of aromatic amines is 1. The van der Waals surface area contributed by atoms with E-state index in [9.17, 15) is 9.59 Å². The summed E-state index contributed by atoms with van der Waals surface area (Å²) in [6.45, 7) is 3.92. The molecule has 0 radical (unpaired) electrons. The molecule has 2 aliphatic heterocycles. The molecule has 2 aliphatic rings. The van der Waals surface area contributed by atoms with Crippen LogP contribution in [0.2, 0.25) is 0 Å². The summed E-state index contributed by atoms with van der Waals surface area (Å²) in [5, 5.41) is 1.12. The molecule has 2 aromatic heterocycles. The molecule has 3 amide bonds. The molecule has 2 atom stereocenters. The van der Waals surface area contributed by atoms with Gasteiger partial charge in [0.1, 0.15) is 12.1 Å². The van der Waals surface area contributed by atoms with Crippen molar-refractivity contribution < 1.29 is 9.59 Å². The van der Waals surface area contributed by atoms with Gasteiger partial charge >= 0.3 is 6.03 Å². The quantitative estimate of drug-likeness (QED) is 0.481. The van der Waals surface area contributed by atoms with E-state index in [4.69, 9.17) is 0 Å².